The zero-order valence-corrected chi connectivity index (χ0v) is 16.7. The minimum Gasteiger partial charge on any atom is -0.467 e. The summed E-state index contributed by atoms with van der Waals surface area (Å²) in [5.41, 5.74) is 2.27. The number of likely N-dealkylation sites (tertiary alicyclic amines) is 1. The Morgan fingerprint density at radius 1 is 1.25 bits per heavy atom. The summed E-state index contributed by atoms with van der Waals surface area (Å²) in [7, 11) is 1.55. The van der Waals surface area contributed by atoms with Gasteiger partial charge in [0.25, 0.3) is 5.91 Å². The van der Waals surface area contributed by atoms with Crippen LogP contribution >= 0.6 is 0 Å². The van der Waals surface area contributed by atoms with Crippen LogP contribution in [0.4, 0.5) is 4.79 Å². The monoisotopic (exact) mass is 394 g/mol. The number of hydrogen-bond acceptors (Lipinski definition) is 5. The van der Waals surface area contributed by atoms with E-state index in [0.29, 0.717) is 37.8 Å². The number of carbonyl (C=O) groups excluding carboxylic acids is 1. The predicted molar refractivity (Wildman–Crippen MR) is 104 cm³/mol. The Morgan fingerprint density at radius 2 is 1.89 bits per heavy atom. The smallest absolute Gasteiger partial charge is 0.407 e. The van der Waals surface area contributed by atoms with Gasteiger partial charge in [-0.1, -0.05) is 13.8 Å². The number of methoxy groups -OCH3 is 1. The first-order valence-electron chi connectivity index (χ1n) is 9.65. The number of benzene rings is 1. The Bertz CT molecular complexity index is 668. The third-order valence-corrected chi connectivity index (χ3v) is 4.98. The van der Waals surface area contributed by atoms with Gasteiger partial charge in [-0.15, -0.1) is 0 Å². The molecule has 1 saturated heterocycles. The molecule has 28 heavy (non-hydrogen) atoms. The second kappa shape index (κ2) is 10.3. The van der Waals surface area contributed by atoms with E-state index in [1.165, 1.54) is 4.90 Å². The van der Waals surface area contributed by atoms with Crippen LogP contribution in [0.3, 0.4) is 0 Å². The van der Waals surface area contributed by atoms with Gasteiger partial charge in [-0.25, -0.2) is 4.79 Å². The molecule has 0 aromatic heterocycles. The SMILES string of the molecule is CCc1cc(C(=O)N[C@@H]2CN(C(=O)O)CCC[C@H]2O)cc(CC)c1OCOC. The highest BCUT2D eigenvalue weighted by molar-refractivity contribution is 5.95. The molecule has 1 aromatic carbocycles. The van der Waals surface area contributed by atoms with Gasteiger partial charge in [0.2, 0.25) is 0 Å². The standard InChI is InChI=1S/C20H30N2O6/c1-4-13-9-15(10-14(5-2)18(13)28-12-27-3)19(24)21-16-11-22(20(25)26)8-6-7-17(16)23/h9-10,16-17,23H,4-8,11-12H2,1-3H3,(H,21,24)(H,25,26)/t16-,17-/m1/s1. The van der Waals surface area contributed by atoms with Crippen LogP contribution in [-0.2, 0) is 17.6 Å². The molecule has 0 bridgehead atoms. The van der Waals surface area contributed by atoms with E-state index in [-0.39, 0.29) is 19.2 Å². The van der Waals surface area contributed by atoms with Crippen LogP contribution in [0.15, 0.2) is 12.1 Å². The van der Waals surface area contributed by atoms with Gasteiger partial charge in [-0.05, 0) is 48.9 Å². The highest BCUT2D eigenvalue weighted by atomic mass is 16.7. The van der Waals surface area contributed by atoms with Crippen molar-refractivity contribution in [1.29, 1.82) is 0 Å². The highest BCUT2D eigenvalue weighted by Gasteiger charge is 2.29. The van der Waals surface area contributed by atoms with Crippen molar-refractivity contribution >= 4 is 12.0 Å². The van der Waals surface area contributed by atoms with Crippen LogP contribution in [0.25, 0.3) is 0 Å². The number of ether oxygens (including phenoxy) is 2. The molecule has 1 aliphatic rings. The van der Waals surface area contributed by atoms with Crippen molar-refractivity contribution in [3.63, 3.8) is 0 Å². The molecule has 0 aliphatic carbocycles. The summed E-state index contributed by atoms with van der Waals surface area (Å²) < 4.78 is 10.7. The lowest BCUT2D eigenvalue weighted by molar-refractivity contribution is 0.0498. The van der Waals surface area contributed by atoms with Crippen molar-refractivity contribution in [1.82, 2.24) is 10.2 Å². The van der Waals surface area contributed by atoms with E-state index in [1.807, 2.05) is 13.8 Å². The molecule has 0 saturated carbocycles. The predicted octanol–water partition coefficient (Wildman–Crippen LogP) is 2.03. The fourth-order valence-corrected chi connectivity index (χ4v) is 3.42. The van der Waals surface area contributed by atoms with Crippen LogP contribution in [0.1, 0.15) is 48.2 Å². The van der Waals surface area contributed by atoms with E-state index >= 15 is 0 Å². The van der Waals surface area contributed by atoms with Crippen molar-refractivity contribution in [2.24, 2.45) is 0 Å². The van der Waals surface area contributed by atoms with E-state index in [4.69, 9.17) is 9.47 Å². The lowest BCUT2D eigenvalue weighted by Gasteiger charge is -2.25. The lowest BCUT2D eigenvalue weighted by atomic mass is 9.99. The number of aryl methyl sites for hydroxylation is 2. The van der Waals surface area contributed by atoms with Crippen LogP contribution in [0.5, 0.6) is 5.75 Å². The number of nitrogens with zero attached hydrogens (tertiary/aromatic N) is 1. The fraction of sp³-hybridized carbons (Fsp3) is 0.600. The van der Waals surface area contributed by atoms with E-state index < -0.39 is 18.2 Å². The van der Waals surface area contributed by atoms with Gasteiger partial charge in [-0.2, -0.15) is 0 Å². The van der Waals surface area contributed by atoms with Crippen LogP contribution < -0.4 is 10.1 Å². The Labute approximate surface area is 165 Å². The molecule has 2 atom stereocenters. The largest absolute Gasteiger partial charge is 0.467 e. The number of aliphatic hydroxyl groups excluding tert-OH is 1. The molecule has 1 fully saturated rings. The van der Waals surface area contributed by atoms with Crippen molar-refractivity contribution in [2.75, 3.05) is 27.0 Å². The normalized spacial score (nSPS) is 19.8. The van der Waals surface area contributed by atoms with Crippen molar-refractivity contribution in [2.45, 2.75) is 51.7 Å². The van der Waals surface area contributed by atoms with Crippen molar-refractivity contribution in [3.05, 3.63) is 28.8 Å². The van der Waals surface area contributed by atoms with E-state index in [9.17, 15) is 19.8 Å². The molecular weight excluding hydrogens is 364 g/mol. The van der Waals surface area contributed by atoms with Gasteiger partial charge in [-0.3, -0.25) is 4.79 Å². The summed E-state index contributed by atoms with van der Waals surface area (Å²) in [4.78, 5) is 25.4. The first-order chi connectivity index (χ1) is 13.4. The van der Waals surface area contributed by atoms with Gasteiger partial charge in [0.15, 0.2) is 6.79 Å². The number of aliphatic hydroxyl groups is 1. The molecule has 8 nitrogen and oxygen atoms in total. The molecule has 156 valence electrons. The zero-order valence-electron chi connectivity index (χ0n) is 16.7. The second-order valence-electron chi connectivity index (χ2n) is 6.90. The fourth-order valence-electron chi connectivity index (χ4n) is 3.42. The quantitative estimate of drug-likeness (QED) is 0.611. The van der Waals surface area contributed by atoms with Gasteiger partial charge in [0, 0.05) is 25.8 Å². The maximum Gasteiger partial charge on any atom is 0.407 e. The first kappa shape index (κ1) is 22.0. The minimum absolute atomic E-state index is 0.0680. The first-order valence-corrected chi connectivity index (χ1v) is 9.65. The Hall–Kier alpha value is -2.32. The Balaban J connectivity index is 2.23. The molecular formula is C20H30N2O6. The van der Waals surface area contributed by atoms with Crippen molar-refractivity contribution < 1.29 is 29.3 Å². The Kier molecular flexibility index (Phi) is 8.07. The maximum atomic E-state index is 12.9. The molecule has 1 aromatic rings. The summed E-state index contributed by atoms with van der Waals surface area (Å²) in [6.45, 7) is 4.51. The summed E-state index contributed by atoms with van der Waals surface area (Å²) in [6.07, 6.45) is 0.547. The molecule has 8 heteroatoms. The Morgan fingerprint density at radius 3 is 2.43 bits per heavy atom. The van der Waals surface area contributed by atoms with E-state index in [1.54, 1.807) is 19.2 Å². The molecule has 2 rings (SSSR count). The number of hydrogen-bond donors (Lipinski definition) is 3. The van der Waals surface area contributed by atoms with Crippen LogP contribution in [-0.4, -0.2) is 66.3 Å². The summed E-state index contributed by atoms with van der Waals surface area (Å²) >= 11 is 0. The number of carboxylic acid groups (broad SMARTS) is 1. The lowest BCUT2D eigenvalue weighted by Crippen LogP contribution is -2.49. The molecule has 0 radical (unpaired) electrons. The molecule has 3 N–H and O–H groups in total. The topological polar surface area (TPSA) is 108 Å². The summed E-state index contributed by atoms with van der Waals surface area (Å²) in [6, 6.07) is 2.90. The number of carbonyl (C=O) groups is 2. The highest BCUT2D eigenvalue weighted by Crippen LogP contribution is 2.28. The summed E-state index contributed by atoms with van der Waals surface area (Å²) in [5, 5.41) is 22.4. The second-order valence-corrected chi connectivity index (χ2v) is 6.90. The third kappa shape index (κ3) is 5.36. The summed E-state index contributed by atoms with van der Waals surface area (Å²) in [5.74, 6) is 0.397. The average Bonchev–Trinajstić information content (AvgIpc) is 2.87. The average molecular weight is 394 g/mol. The van der Waals surface area contributed by atoms with Gasteiger partial charge < -0.3 is 29.9 Å². The zero-order chi connectivity index (χ0) is 20.7. The number of nitrogens with one attached hydrogen (secondary N) is 1. The third-order valence-electron chi connectivity index (χ3n) is 4.98. The molecule has 2 amide bonds. The van der Waals surface area contributed by atoms with Gasteiger partial charge in [0.1, 0.15) is 5.75 Å². The number of amides is 2. The van der Waals surface area contributed by atoms with E-state index in [2.05, 4.69) is 5.32 Å². The molecule has 1 aliphatic heterocycles. The maximum absolute atomic E-state index is 12.9. The molecule has 0 spiro atoms. The molecule has 1 heterocycles. The van der Waals surface area contributed by atoms with Crippen LogP contribution in [0.2, 0.25) is 0 Å². The molecule has 0 unspecified atom stereocenters. The number of rotatable bonds is 7. The van der Waals surface area contributed by atoms with E-state index in [0.717, 1.165) is 16.9 Å². The van der Waals surface area contributed by atoms with Crippen molar-refractivity contribution in [3.8, 4) is 5.75 Å². The van der Waals surface area contributed by atoms with Gasteiger partial charge >= 0.3 is 6.09 Å². The minimum atomic E-state index is -1.05. The van der Waals surface area contributed by atoms with Crippen LogP contribution in [0, 0.1) is 0 Å². The van der Waals surface area contributed by atoms with Gasteiger partial charge in [0.05, 0.1) is 12.1 Å².